The number of benzene rings is 1. The molecule has 0 aliphatic rings. The zero-order valence-electron chi connectivity index (χ0n) is 14.1. The number of rotatable bonds is 5. The molecule has 0 saturated heterocycles. The van der Waals surface area contributed by atoms with Crippen molar-refractivity contribution in [3.8, 4) is 0 Å². The minimum absolute atomic E-state index is 0.215. The van der Waals surface area contributed by atoms with Crippen molar-refractivity contribution in [2.45, 2.75) is 55.3 Å². The normalized spacial score (nSPS) is 12.7. The van der Waals surface area contributed by atoms with Gasteiger partial charge in [-0.1, -0.05) is 61.8 Å². The second-order valence-electron chi connectivity index (χ2n) is 6.96. The molecule has 2 aromatic rings. The van der Waals surface area contributed by atoms with Gasteiger partial charge in [0.2, 0.25) is 0 Å². The molecular weight excluding hydrogens is 383 g/mol. The van der Waals surface area contributed by atoms with E-state index in [9.17, 15) is 0 Å². The third-order valence-electron chi connectivity index (χ3n) is 4.11. The summed E-state index contributed by atoms with van der Waals surface area (Å²) in [4.78, 5) is 3.33. The van der Waals surface area contributed by atoms with Crippen LogP contribution < -0.4 is 0 Å². The van der Waals surface area contributed by atoms with E-state index in [-0.39, 0.29) is 5.04 Å². The van der Waals surface area contributed by atoms with Gasteiger partial charge >= 0.3 is 0 Å². The van der Waals surface area contributed by atoms with E-state index in [1.807, 2.05) is 24.3 Å². The lowest BCUT2D eigenvalue weighted by atomic mass is 10.2. The Labute approximate surface area is 158 Å². The Morgan fingerprint density at radius 1 is 1.17 bits per heavy atom. The van der Waals surface area contributed by atoms with Gasteiger partial charge in [-0.2, -0.15) is 0 Å². The Hall–Kier alpha value is 0.0269. The van der Waals surface area contributed by atoms with Crippen LogP contribution in [0.2, 0.25) is 27.5 Å². The summed E-state index contributed by atoms with van der Waals surface area (Å²) >= 11 is 15.7. The lowest BCUT2D eigenvalue weighted by Crippen LogP contribution is -2.40. The first-order chi connectivity index (χ1) is 10.6. The summed E-state index contributed by atoms with van der Waals surface area (Å²) in [6, 6.07) is 9.94. The Balaban J connectivity index is 2.07. The van der Waals surface area contributed by atoms with Crippen LogP contribution in [0.5, 0.6) is 0 Å². The molecule has 0 amide bonds. The number of thiophene rings is 1. The molecule has 1 heterocycles. The van der Waals surface area contributed by atoms with Gasteiger partial charge in [-0.05, 0) is 42.4 Å². The molecule has 0 fully saturated rings. The molecule has 0 radical (unpaired) electrons. The maximum Gasteiger partial charge on any atom is 0.192 e. The van der Waals surface area contributed by atoms with Gasteiger partial charge in [0, 0.05) is 19.7 Å². The maximum atomic E-state index is 6.40. The third kappa shape index (κ3) is 5.25. The van der Waals surface area contributed by atoms with Crippen molar-refractivity contribution in [3.05, 3.63) is 44.6 Å². The van der Waals surface area contributed by atoms with Gasteiger partial charge in [0.1, 0.15) is 4.34 Å². The number of hydrogen-bond donors (Lipinski definition) is 0. The minimum atomic E-state index is -1.74. The van der Waals surface area contributed by atoms with E-state index in [1.165, 1.54) is 4.88 Å². The van der Waals surface area contributed by atoms with Gasteiger partial charge in [0.05, 0.1) is 6.61 Å². The van der Waals surface area contributed by atoms with Gasteiger partial charge in [0.15, 0.2) is 8.32 Å². The summed E-state index contributed by atoms with van der Waals surface area (Å²) in [6.07, 6.45) is 0. The summed E-state index contributed by atoms with van der Waals surface area (Å²) < 4.78 is 7.09. The molecule has 0 bridgehead atoms. The van der Waals surface area contributed by atoms with Gasteiger partial charge < -0.3 is 4.43 Å². The summed E-state index contributed by atoms with van der Waals surface area (Å²) in [6.45, 7) is 11.9. The first kappa shape index (κ1) is 19.4. The SMILES string of the molecule is CC(C)(C)[Si](C)(C)OCc1cc(Sc2cccc(Cl)c2)c(Cl)s1. The molecule has 2 rings (SSSR count). The number of hydrogen-bond acceptors (Lipinski definition) is 3. The fraction of sp³-hybridized carbons (Fsp3) is 0.412. The van der Waals surface area contributed by atoms with E-state index in [1.54, 1.807) is 23.1 Å². The summed E-state index contributed by atoms with van der Waals surface area (Å²) in [5, 5.41) is 0.953. The molecule has 126 valence electrons. The van der Waals surface area contributed by atoms with Crippen LogP contribution in [0.3, 0.4) is 0 Å². The third-order valence-corrected chi connectivity index (χ3v) is 11.4. The first-order valence-corrected chi connectivity index (χ1v) is 12.7. The predicted molar refractivity (Wildman–Crippen MR) is 107 cm³/mol. The highest BCUT2D eigenvalue weighted by molar-refractivity contribution is 7.99. The Morgan fingerprint density at radius 3 is 2.48 bits per heavy atom. The van der Waals surface area contributed by atoms with Crippen molar-refractivity contribution in [1.29, 1.82) is 0 Å². The van der Waals surface area contributed by atoms with Crippen LogP contribution in [-0.4, -0.2) is 8.32 Å². The molecule has 6 heteroatoms. The van der Waals surface area contributed by atoms with Crippen LogP contribution >= 0.6 is 46.3 Å². The summed E-state index contributed by atoms with van der Waals surface area (Å²) in [7, 11) is -1.74. The molecule has 0 saturated carbocycles. The van der Waals surface area contributed by atoms with E-state index in [2.05, 4.69) is 39.9 Å². The smallest absolute Gasteiger partial charge is 0.192 e. The van der Waals surface area contributed by atoms with E-state index >= 15 is 0 Å². The van der Waals surface area contributed by atoms with Crippen molar-refractivity contribution in [1.82, 2.24) is 0 Å². The minimum Gasteiger partial charge on any atom is -0.412 e. The van der Waals surface area contributed by atoms with Crippen LogP contribution in [0.1, 0.15) is 25.6 Å². The topological polar surface area (TPSA) is 9.23 Å². The van der Waals surface area contributed by atoms with Crippen LogP contribution in [-0.2, 0) is 11.0 Å². The fourth-order valence-corrected chi connectivity index (χ4v) is 5.32. The van der Waals surface area contributed by atoms with Gasteiger partial charge in [0.25, 0.3) is 0 Å². The average molecular weight is 405 g/mol. The van der Waals surface area contributed by atoms with E-state index in [4.69, 9.17) is 27.6 Å². The summed E-state index contributed by atoms with van der Waals surface area (Å²) in [5.74, 6) is 0. The van der Waals surface area contributed by atoms with Crippen molar-refractivity contribution >= 4 is 54.6 Å². The van der Waals surface area contributed by atoms with E-state index in [0.29, 0.717) is 6.61 Å². The first-order valence-electron chi connectivity index (χ1n) is 7.44. The average Bonchev–Trinajstić information content (AvgIpc) is 2.76. The molecule has 0 atom stereocenters. The van der Waals surface area contributed by atoms with Crippen molar-refractivity contribution in [2.24, 2.45) is 0 Å². The van der Waals surface area contributed by atoms with Crippen LogP contribution in [0.15, 0.2) is 40.1 Å². The lowest BCUT2D eigenvalue weighted by Gasteiger charge is -2.36. The Kier molecular flexibility index (Phi) is 6.31. The van der Waals surface area contributed by atoms with Crippen LogP contribution in [0, 0.1) is 0 Å². The quantitative estimate of drug-likeness (QED) is 0.471. The van der Waals surface area contributed by atoms with Gasteiger partial charge in [-0.3, -0.25) is 0 Å². The fourth-order valence-electron chi connectivity index (χ4n) is 1.66. The molecular formula is C17H22Cl2OS2Si. The molecule has 1 aromatic heterocycles. The molecule has 0 N–H and O–H groups in total. The molecule has 0 spiro atoms. The standard InChI is InChI=1S/C17H22Cl2OS2Si/c1-17(2,3)23(4,5)20-11-14-10-15(16(19)22-14)21-13-8-6-7-12(18)9-13/h6-10H,11H2,1-5H3. The van der Waals surface area contributed by atoms with Crippen LogP contribution in [0.4, 0.5) is 0 Å². The summed E-state index contributed by atoms with van der Waals surface area (Å²) in [5.41, 5.74) is 0. The molecule has 1 aromatic carbocycles. The zero-order chi connectivity index (χ0) is 17.3. The van der Waals surface area contributed by atoms with E-state index in [0.717, 1.165) is 19.1 Å². The predicted octanol–water partition coefficient (Wildman–Crippen LogP) is 7.73. The molecule has 1 nitrogen and oxygen atoms in total. The largest absolute Gasteiger partial charge is 0.412 e. The monoisotopic (exact) mass is 404 g/mol. The van der Waals surface area contributed by atoms with Crippen molar-refractivity contribution < 1.29 is 4.43 Å². The highest BCUT2D eigenvalue weighted by Crippen LogP contribution is 2.41. The van der Waals surface area contributed by atoms with Gasteiger partial charge in [-0.25, -0.2) is 0 Å². The highest BCUT2D eigenvalue weighted by Gasteiger charge is 2.37. The molecule has 0 aliphatic carbocycles. The van der Waals surface area contributed by atoms with E-state index < -0.39 is 8.32 Å². The molecule has 23 heavy (non-hydrogen) atoms. The highest BCUT2D eigenvalue weighted by atomic mass is 35.5. The van der Waals surface area contributed by atoms with Crippen molar-refractivity contribution in [3.63, 3.8) is 0 Å². The molecule has 0 aliphatic heterocycles. The van der Waals surface area contributed by atoms with Gasteiger partial charge in [-0.15, -0.1) is 11.3 Å². The maximum absolute atomic E-state index is 6.40. The lowest BCUT2D eigenvalue weighted by molar-refractivity contribution is 0.279. The second kappa shape index (κ2) is 7.50. The number of halogens is 2. The molecule has 0 unspecified atom stereocenters. The van der Waals surface area contributed by atoms with Crippen molar-refractivity contribution in [2.75, 3.05) is 0 Å². The Morgan fingerprint density at radius 2 is 1.87 bits per heavy atom. The Bertz CT molecular complexity index is 677. The second-order valence-corrected chi connectivity index (χ2v) is 15.1. The zero-order valence-corrected chi connectivity index (χ0v) is 18.2. The van der Waals surface area contributed by atoms with Crippen LogP contribution in [0.25, 0.3) is 0 Å².